The fraction of sp³-hybridized carbons (Fsp3) is 0. The highest BCUT2D eigenvalue weighted by molar-refractivity contribution is 5.38. The van der Waals surface area contributed by atoms with Crippen molar-refractivity contribution in [2.45, 2.75) is 0 Å². The summed E-state index contributed by atoms with van der Waals surface area (Å²) in [6.07, 6.45) is 2.83. The Hall–Kier alpha value is -2.74. The van der Waals surface area contributed by atoms with E-state index < -0.39 is 4.92 Å². The quantitative estimate of drug-likeness (QED) is 0.421. The molecule has 0 aliphatic carbocycles. The van der Waals surface area contributed by atoms with Gasteiger partial charge in [0.2, 0.25) is 0 Å². The minimum absolute atomic E-state index is 0.0478. The molecule has 0 aliphatic heterocycles. The van der Waals surface area contributed by atoms with Crippen molar-refractivity contribution >= 4 is 5.69 Å². The number of hydrogen-bond donors (Lipinski definition) is 0. The molecule has 2 rings (SSSR count). The molecule has 5 heteroatoms. The first-order chi connectivity index (χ1) is 8.25. The minimum atomic E-state index is -0.497. The van der Waals surface area contributed by atoms with Crippen molar-refractivity contribution in [2.75, 3.05) is 0 Å². The number of nitro groups is 1. The Kier molecular flexibility index (Phi) is 3.08. The Balaban J connectivity index is 2.20. The predicted molar refractivity (Wildman–Crippen MR) is 61.1 cm³/mol. The van der Waals surface area contributed by atoms with E-state index in [4.69, 9.17) is 0 Å². The maximum Gasteiger partial charge on any atom is 0.287 e. The summed E-state index contributed by atoms with van der Waals surface area (Å²) in [6.45, 7) is 0. The van der Waals surface area contributed by atoms with E-state index in [2.05, 4.69) is 21.8 Å². The van der Waals surface area contributed by atoms with Crippen molar-refractivity contribution in [1.29, 1.82) is 0 Å². The standard InChI is InChI=1S/C12H7N3O2/c16-15(17)12-7-6-11(14-9-12)5-4-10-3-1-2-8-13-10/h1-3,6-9H. The van der Waals surface area contributed by atoms with Crippen LogP contribution in [0.4, 0.5) is 5.69 Å². The van der Waals surface area contributed by atoms with E-state index >= 15 is 0 Å². The molecule has 2 aromatic heterocycles. The van der Waals surface area contributed by atoms with Gasteiger partial charge in [-0.2, -0.15) is 0 Å². The van der Waals surface area contributed by atoms with Crippen LogP contribution in [-0.2, 0) is 0 Å². The highest BCUT2D eigenvalue weighted by Gasteiger charge is 2.03. The van der Waals surface area contributed by atoms with Gasteiger partial charge in [0.1, 0.15) is 17.6 Å². The van der Waals surface area contributed by atoms with Gasteiger partial charge in [-0.25, -0.2) is 9.97 Å². The van der Waals surface area contributed by atoms with Gasteiger partial charge in [0.05, 0.1) is 4.92 Å². The Bertz CT molecular complexity index is 583. The Morgan fingerprint density at radius 2 is 1.82 bits per heavy atom. The normalized spacial score (nSPS) is 9.18. The largest absolute Gasteiger partial charge is 0.287 e. The molecule has 82 valence electrons. The molecular weight excluding hydrogens is 218 g/mol. The molecule has 0 aromatic carbocycles. The number of nitrogens with zero attached hydrogens (tertiary/aromatic N) is 3. The van der Waals surface area contributed by atoms with E-state index in [0.29, 0.717) is 11.4 Å². The second-order valence-electron chi connectivity index (χ2n) is 3.12. The molecule has 0 aliphatic rings. The molecule has 0 amide bonds. The average Bonchev–Trinajstić information content (AvgIpc) is 2.38. The third kappa shape index (κ3) is 2.86. The zero-order valence-corrected chi connectivity index (χ0v) is 8.70. The first-order valence-corrected chi connectivity index (χ1v) is 4.79. The molecule has 2 heterocycles. The summed E-state index contributed by atoms with van der Waals surface area (Å²) in [4.78, 5) is 17.8. The van der Waals surface area contributed by atoms with E-state index in [-0.39, 0.29) is 5.69 Å². The van der Waals surface area contributed by atoms with Crippen molar-refractivity contribution in [2.24, 2.45) is 0 Å². The van der Waals surface area contributed by atoms with Crippen molar-refractivity contribution in [3.05, 3.63) is 64.2 Å². The van der Waals surface area contributed by atoms with Gasteiger partial charge in [-0.05, 0) is 30.0 Å². The average molecular weight is 225 g/mol. The predicted octanol–water partition coefficient (Wildman–Crippen LogP) is 1.78. The molecule has 0 spiro atoms. The lowest BCUT2D eigenvalue weighted by molar-refractivity contribution is -0.385. The van der Waals surface area contributed by atoms with Crippen LogP contribution in [0.15, 0.2) is 42.7 Å². The second-order valence-corrected chi connectivity index (χ2v) is 3.12. The SMILES string of the molecule is O=[N+]([O-])c1ccc(C#Cc2ccccn2)nc1. The molecule has 0 unspecified atom stereocenters. The molecule has 0 saturated carbocycles. The molecule has 0 fully saturated rings. The topological polar surface area (TPSA) is 68.9 Å². The van der Waals surface area contributed by atoms with Crippen LogP contribution in [-0.4, -0.2) is 14.9 Å². The van der Waals surface area contributed by atoms with E-state index in [1.807, 2.05) is 6.07 Å². The van der Waals surface area contributed by atoms with Crippen LogP contribution in [0.2, 0.25) is 0 Å². The first-order valence-electron chi connectivity index (χ1n) is 4.79. The maximum atomic E-state index is 10.4. The summed E-state index contributed by atoms with van der Waals surface area (Å²) >= 11 is 0. The third-order valence-corrected chi connectivity index (χ3v) is 1.94. The Labute approximate surface area is 97.3 Å². The summed E-state index contributed by atoms with van der Waals surface area (Å²) in [5, 5.41) is 10.4. The van der Waals surface area contributed by atoms with Crippen LogP contribution in [0.5, 0.6) is 0 Å². The van der Waals surface area contributed by atoms with E-state index in [1.54, 1.807) is 18.3 Å². The summed E-state index contributed by atoms with van der Waals surface area (Å²) in [5.74, 6) is 5.60. The Morgan fingerprint density at radius 3 is 2.35 bits per heavy atom. The fourth-order valence-electron chi connectivity index (χ4n) is 1.13. The van der Waals surface area contributed by atoms with Crippen LogP contribution in [0.1, 0.15) is 11.4 Å². The molecule has 0 bridgehead atoms. The van der Waals surface area contributed by atoms with Crippen LogP contribution >= 0.6 is 0 Å². The molecule has 5 nitrogen and oxygen atoms in total. The summed E-state index contributed by atoms with van der Waals surface area (Å²) in [5.41, 5.74) is 1.06. The minimum Gasteiger partial charge on any atom is -0.258 e. The van der Waals surface area contributed by atoms with Crippen molar-refractivity contribution in [1.82, 2.24) is 9.97 Å². The van der Waals surface area contributed by atoms with Gasteiger partial charge in [-0.3, -0.25) is 10.1 Å². The van der Waals surface area contributed by atoms with Crippen molar-refractivity contribution in [3.8, 4) is 11.8 Å². The van der Waals surface area contributed by atoms with Gasteiger partial charge in [-0.15, -0.1) is 0 Å². The highest BCUT2D eigenvalue weighted by Crippen LogP contribution is 2.07. The van der Waals surface area contributed by atoms with Gasteiger partial charge in [0.15, 0.2) is 0 Å². The van der Waals surface area contributed by atoms with Crippen LogP contribution in [0.3, 0.4) is 0 Å². The lowest BCUT2D eigenvalue weighted by atomic mass is 10.3. The molecular formula is C12H7N3O2. The summed E-state index contributed by atoms with van der Waals surface area (Å²) in [7, 11) is 0. The number of hydrogen-bond acceptors (Lipinski definition) is 4. The second kappa shape index (κ2) is 4.86. The Morgan fingerprint density at radius 1 is 1.06 bits per heavy atom. The lowest BCUT2D eigenvalue weighted by Gasteiger charge is -1.90. The van der Waals surface area contributed by atoms with Gasteiger partial charge in [0, 0.05) is 12.3 Å². The maximum absolute atomic E-state index is 10.4. The summed E-state index contributed by atoms with van der Waals surface area (Å²) in [6, 6.07) is 8.29. The van der Waals surface area contributed by atoms with Gasteiger partial charge in [0.25, 0.3) is 5.69 Å². The smallest absolute Gasteiger partial charge is 0.258 e. The van der Waals surface area contributed by atoms with E-state index in [1.165, 1.54) is 18.3 Å². The lowest BCUT2D eigenvalue weighted by Crippen LogP contribution is -1.90. The first kappa shape index (κ1) is 10.8. The summed E-state index contributed by atoms with van der Waals surface area (Å²) < 4.78 is 0. The monoisotopic (exact) mass is 225 g/mol. The van der Waals surface area contributed by atoms with Crippen molar-refractivity contribution in [3.63, 3.8) is 0 Å². The van der Waals surface area contributed by atoms with Gasteiger partial charge >= 0.3 is 0 Å². The molecule has 17 heavy (non-hydrogen) atoms. The van der Waals surface area contributed by atoms with Gasteiger partial charge in [-0.1, -0.05) is 6.07 Å². The zero-order chi connectivity index (χ0) is 12.1. The molecule has 0 atom stereocenters. The molecule has 0 radical (unpaired) electrons. The van der Waals surface area contributed by atoms with E-state index in [9.17, 15) is 10.1 Å². The zero-order valence-electron chi connectivity index (χ0n) is 8.70. The van der Waals surface area contributed by atoms with Crippen LogP contribution in [0.25, 0.3) is 0 Å². The number of aromatic nitrogens is 2. The van der Waals surface area contributed by atoms with Crippen LogP contribution < -0.4 is 0 Å². The van der Waals surface area contributed by atoms with Crippen molar-refractivity contribution < 1.29 is 4.92 Å². The fourth-order valence-corrected chi connectivity index (χ4v) is 1.13. The molecule has 0 N–H and O–H groups in total. The van der Waals surface area contributed by atoms with Gasteiger partial charge < -0.3 is 0 Å². The molecule has 2 aromatic rings. The van der Waals surface area contributed by atoms with E-state index in [0.717, 1.165) is 0 Å². The highest BCUT2D eigenvalue weighted by atomic mass is 16.6. The third-order valence-electron chi connectivity index (χ3n) is 1.94. The number of rotatable bonds is 1. The van der Waals surface area contributed by atoms with Crippen LogP contribution in [0, 0.1) is 22.0 Å². The number of pyridine rings is 2. The molecule has 0 saturated heterocycles.